The molecule has 20 heavy (non-hydrogen) atoms. The number of oxazole rings is 1. The van der Waals surface area contributed by atoms with Crippen LogP contribution in [0.3, 0.4) is 0 Å². The Morgan fingerprint density at radius 3 is 3.05 bits per heavy atom. The van der Waals surface area contributed by atoms with Gasteiger partial charge in [-0.3, -0.25) is 0 Å². The minimum absolute atomic E-state index is 0.187. The molecule has 6 heteroatoms. The van der Waals surface area contributed by atoms with Crippen molar-refractivity contribution in [3.8, 4) is 0 Å². The van der Waals surface area contributed by atoms with E-state index in [0.717, 1.165) is 19.4 Å². The number of rotatable bonds is 3. The number of hydrogen-bond donors (Lipinski definition) is 2. The van der Waals surface area contributed by atoms with Crippen molar-refractivity contribution in [2.24, 2.45) is 0 Å². The number of carboxylic acids is 1. The number of nitrogens with zero attached hydrogens (tertiary/aromatic N) is 1. The van der Waals surface area contributed by atoms with Gasteiger partial charge in [0.15, 0.2) is 5.58 Å². The molecule has 0 saturated carbocycles. The van der Waals surface area contributed by atoms with E-state index in [9.17, 15) is 4.79 Å². The van der Waals surface area contributed by atoms with Gasteiger partial charge in [-0.05, 0) is 38.0 Å². The average molecular weight is 276 g/mol. The number of aromatic nitrogens is 1. The zero-order chi connectivity index (χ0) is 14.2. The smallest absolute Gasteiger partial charge is 0.335 e. The minimum Gasteiger partial charge on any atom is -0.478 e. The molecule has 2 N–H and O–H groups in total. The molecule has 1 unspecified atom stereocenters. The van der Waals surface area contributed by atoms with E-state index in [-0.39, 0.29) is 11.1 Å². The fraction of sp³-hybridized carbons (Fsp3) is 0.429. The lowest BCUT2D eigenvalue weighted by atomic mass is 9.95. The van der Waals surface area contributed by atoms with Gasteiger partial charge in [0.1, 0.15) is 5.52 Å². The molecule has 1 aliphatic rings. The Balaban J connectivity index is 1.87. The maximum Gasteiger partial charge on any atom is 0.335 e. The first kappa shape index (κ1) is 12.9. The Morgan fingerprint density at radius 2 is 2.35 bits per heavy atom. The summed E-state index contributed by atoms with van der Waals surface area (Å²) in [5.74, 6) is -0.981. The Hall–Kier alpha value is -2.08. The molecule has 1 atom stereocenters. The van der Waals surface area contributed by atoms with Crippen molar-refractivity contribution in [3.63, 3.8) is 0 Å². The highest BCUT2D eigenvalue weighted by Gasteiger charge is 2.29. The third-order valence-electron chi connectivity index (χ3n) is 3.48. The Labute approximate surface area is 115 Å². The van der Waals surface area contributed by atoms with E-state index >= 15 is 0 Å². The van der Waals surface area contributed by atoms with Gasteiger partial charge < -0.3 is 19.6 Å². The van der Waals surface area contributed by atoms with Crippen LogP contribution in [0.15, 0.2) is 22.6 Å². The summed E-state index contributed by atoms with van der Waals surface area (Å²) >= 11 is 0. The molecule has 0 amide bonds. The van der Waals surface area contributed by atoms with Gasteiger partial charge >= 0.3 is 5.97 Å². The Morgan fingerprint density at radius 1 is 1.50 bits per heavy atom. The zero-order valence-electron chi connectivity index (χ0n) is 11.2. The molecule has 2 heterocycles. The van der Waals surface area contributed by atoms with Crippen molar-refractivity contribution in [2.45, 2.75) is 25.3 Å². The monoisotopic (exact) mass is 276 g/mol. The van der Waals surface area contributed by atoms with Gasteiger partial charge in [-0.1, -0.05) is 0 Å². The van der Waals surface area contributed by atoms with Crippen molar-refractivity contribution in [1.29, 1.82) is 0 Å². The number of aromatic carboxylic acids is 1. The van der Waals surface area contributed by atoms with Gasteiger partial charge in [-0.25, -0.2) is 4.79 Å². The van der Waals surface area contributed by atoms with Crippen LogP contribution in [-0.4, -0.2) is 34.8 Å². The molecule has 1 aromatic carbocycles. The summed E-state index contributed by atoms with van der Waals surface area (Å²) in [6.07, 6.45) is 1.97. The number of carbonyl (C=O) groups is 1. The standard InChI is InChI=1S/C14H16N2O4/c1-14(5-2-6-19-8-14)16-13-15-10-4-3-9(12(17)18)7-11(10)20-13/h3-4,7H,2,5-6,8H2,1H3,(H,15,16)(H,17,18). The van der Waals surface area contributed by atoms with Crippen molar-refractivity contribution in [1.82, 2.24) is 4.98 Å². The predicted octanol–water partition coefficient (Wildman–Crippen LogP) is 2.51. The van der Waals surface area contributed by atoms with E-state index in [4.69, 9.17) is 14.3 Å². The number of ether oxygens (including phenoxy) is 1. The fourth-order valence-electron chi connectivity index (χ4n) is 2.40. The summed E-state index contributed by atoms with van der Waals surface area (Å²) in [4.78, 5) is 15.3. The summed E-state index contributed by atoms with van der Waals surface area (Å²) in [5.41, 5.74) is 1.09. The third-order valence-corrected chi connectivity index (χ3v) is 3.48. The van der Waals surface area contributed by atoms with Crippen LogP contribution < -0.4 is 5.32 Å². The van der Waals surface area contributed by atoms with E-state index in [0.29, 0.717) is 23.7 Å². The van der Waals surface area contributed by atoms with Crippen LogP contribution in [0.25, 0.3) is 11.1 Å². The van der Waals surface area contributed by atoms with Crippen molar-refractivity contribution >= 4 is 23.1 Å². The van der Waals surface area contributed by atoms with Crippen LogP contribution in [-0.2, 0) is 4.74 Å². The zero-order valence-corrected chi connectivity index (χ0v) is 11.2. The van der Waals surface area contributed by atoms with Crippen molar-refractivity contribution in [3.05, 3.63) is 23.8 Å². The molecule has 2 aromatic rings. The van der Waals surface area contributed by atoms with E-state index < -0.39 is 5.97 Å². The molecule has 0 aliphatic carbocycles. The molecule has 1 saturated heterocycles. The van der Waals surface area contributed by atoms with Gasteiger partial charge in [-0.15, -0.1) is 0 Å². The number of fused-ring (bicyclic) bond motifs is 1. The summed E-state index contributed by atoms with van der Waals surface area (Å²) in [5, 5.41) is 12.2. The topological polar surface area (TPSA) is 84.6 Å². The van der Waals surface area contributed by atoms with Crippen LogP contribution >= 0.6 is 0 Å². The van der Waals surface area contributed by atoms with Crippen molar-refractivity contribution in [2.75, 3.05) is 18.5 Å². The molecule has 0 spiro atoms. The van der Waals surface area contributed by atoms with Crippen LogP contribution in [0.1, 0.15) is 30.1 Å². The Kier molecular flexibility index (Phi) is 3.10. The molecular formula is C14H16N2O4. The minimum atomic E-state index is -0.981. The summed E-state index contributed by atoms with van der Waals surface area (Å²) in [6, 6.07) is 5.04. The summed E-state index contributed by atoms with van der Waals surface area (Å²) in [7, 11) is 0. The number of anilines is 1. The first-order valence-corrected chi connectivity index (χ1v) is 6.56. The van der Waals surface area contributed by atoms with Gasteiger partial charge in [0.05, 0.1) is 17.7 Å². The van der Waals surface area contributed by atoms with Gasteiger partial charge in [0.25, 0.3) is 6.01 Å². The molecule has 0 bridgehead atoms. The molecular weight excluding hydrogens is 260 g/mol. The second-order valence-corrected chi connectivity index (χ2v) is 5.35. The van der Waals surface area contributed by atoms with Gasteiger partial charge in [0.2, 0.25) is 0 Å². The maximum absolute atomic E-state index is 10.9. The fourth-order valence-corrected chi connectivity index (χ4v) is 2.40. The lowest BCUT2D eigenvalue weighted by molar-refractivity contribution is 0.0531. The molecule has 0 radical (unpaired) electrons. The van der Waals surface area contributed by atoms with E-state index in [1.165, 1.54) is 12.1 Å². The van der Waals surface area contributed by atoms with Crippen LogP contribution in [0.2, 0.25) is 0 Å². The second kappa shape index (κ2) is 4.79. The summed E-state index contributed by atoms with van der Waals surface area (Å²) in [6.45, 7) is 3.45. The first-order valence-electron chi connectivity index (χ1n) is 6.56. The third kappa shape index (κ3) is 2.46. The lowest BCUT2D eigenvalue weighted by Gasteiger charge is -2.33. The molecule has 1 fully saturated rings. The van der Waals surface area contributed by atoms with Crippen LogP contribution in [0.4, 0.5) is 6.01 Å². The van der Waals surface area contributed by atoms with Crippen LogP contribution in [0, 0.1) is 0 Å². The van der Waals surface area contributed by atoms with Gasteiger partial charge in [-0.2, -0.15) is 4.98 Å². The van der Waals surface area contributed by atoms with Gasteiger partial charge in [0, 0.05) is 6.61 Å². The Bertz CT molecular complexity index is 644. The quantitative estimate of drug-likeness (QED) is 0.896. The lowest BCUT2D eigenvalue weighted by Crippen LogP contribution is -2.43. The number of benzene rings is 1. The van der Waals surface area contributed by atoms with E-state index in [1.807, 2.05) is 0 Å². The SMILES string of the molecule is CC1(Nc2nc3ccc(C(=O)O)cc3o2)CCCOC1. The van der Waals surface area contributed by atoms with E-state index in [1.54, 1.807) is 6.07 Å². The van der Waals surface area contributed by atoms with E-state index in [2.05, 4.69) is 17.2 Å². The van der Waals surface area contributed by atoms with Crippen LogP contribution in [0.5, 0.6) is 0 Å². The van der Waals surface area contributed by atoms with Crippen molar-refractivity contribution < 1.29 is 19.1 Å². The average Bonchev–Trinajstić information content (AvgIpc) is 2.79. The number of carboxylic acid groups (broad SMARTS) is 1. The number of hydrogen-bond acceptors (Lipinski definition) is 5. The second-order valence-electron chi connectivity index (χ2n) is 5.35. The molecule has 1 aromatic heterocycles. The highest BCUT2D eigenvalue weighted by atomic mass is 16.5. The number of nitrogens with one attached hydrogen (secondary N) is 1. The predicted molar refractivity (Wildman–Crippen MR) is 73.0 cm³/mol. The highest BCUT2D eigenvalue weighted by Crippen LogP contribution is 2.26. The first-order chi connectivity index (χ1) is 9.56. The molecule has 6 nitrogen and oxygen atoms in total. The largest absolute Gasteiger partial charge is 0.478 e. The molecule has 1 aliphatic heterocycles. The molecule has 3 rings (SSSR count). The highest BCUT2D eigenvalue weighted by molar-refractivity contribution is 5.92. The molecule has 106 valence electrons. The maximum atomic E-state index is 10.9. The normalized spacial score (nSPS) is 22.9. The summed E-state index contributed by atoms with van der Waals surface area (Å²) < 4.78 is 11.1.